The molecule has 1 aromatic rings. The molecule has 0 aromatic heterocycles. The van der Waals surface area contributed by atoms with Gasteiger partial charge in [0, 0.05) is 15.1 Å². The SMILES string of the molecule is Cc1cc(Cl)cc(Br)c1C(=O)CBr. The van der Waals surface area contributed by atoms with Crippen molar-refractivity contribution in [3.05, 3.63) is 32.8 Å². The lowest BCUT2D eigenvalue weighted by Gasteiger charge is -2.06. The molecule has 0 saturated carbocycles. The maximum absolute atomic E-state index is 11.4. The number of carbonyl (C=O) groups excluding carboxylic acids is 1. The number of hydrogen-bond acceptors (Lipinski definition) is 1. The van der Waals surface area contributed by atoms with E-state index in [9.17, 15) is 4.79 Å². The molecule has 0 fully saturated rings. The minimum Gasteiger partial charge on any atom is -0.293 e. The maximum atomic E-state index is 11.4. The molecule has 0 atom stereocenters. The van der Waals surface area contributed by atoms with Crippen LogP contribution in [-0.2, 0) is 0 Å². The predicted octanol–water partition coefficient (Wildman–Crippen LogP) is 3.99. The van der Waals surface area contributed by atoms with Gasteiger partial charge in [0.25, 0.3) is 0 Å². The van der Waals surface area contributed by atoms with Crippen molar-refractivity contribution in [3.63, 3.8) is 0 Å². The lowest BCUT2D eigenvalue weighted by atomic mass is 10.1. The monoisotopic (exact) mass is 324 g/mol. The van der Waals surface area contributed by atoms with Crippen molar-refractivity contribution in [1.29, 1.82) is 0 Å². The highest BCUT2D eigenvalue weighted by Crippen LogP contribution is 2.26. The van der Waals surface area contributed by atoms with Crippen LogP contribution in [0.25, 0.3) is 0 Å². The molecule has 0 unspecified atom stereocenters. The first kappa shape index (κ1) is 11.2. The minimum absolute atomic E-state index is 0.0565. The van der Waals surface area contributed by atoms with E-state index in [1.165, 1.54) is 0 Å². The molecule has 0 aliphatic carbocycles. The van der Waals surface area contributed by atoms with Gasteiger partial charge in [-0.3, -0.25) is 4.79 Å². The fourth-order valence-corrected chi connectivity index (χ4v) is 2.59. The van der Waals surface area contributed by atoms with E-state index in [0.717, 1.165) is 10.0 Å². The zero-order valence-corrected chi connectivity index (χ0v) is 10.8. The summed E-state index contributed by atoms with van der Waals surface area (Å²) in [6.45, 7) is 1.87. The summed E-state index contributed by atoms with van der Waals surface area (Å²) in [5.41, 5.74) is 1.59. The van der Waals surface area contributed by atoms with E-state index >= 15 is 0 Å². The van der Waals surface area contributed by atoms with Crippen LogP contribution in [0.2, 0.25) is 5.02 Å². The third-order valence-electron chi connectivity index (χ3n) is 1.65. The van der Waals surface area contributed by atoms with Crippen LogP contribution >= 0.6 is 43.5 Å². The number of halogens is 3. The van der Waals surface area contributed by atoms with E-state index in [2.05, 4.69) is 31.9 Å². The molecule has 1 nitrogen and oxygen atoms in total. The van der Waals surface area contributed by atoms with Crippen LogP contribution in [0.5, 0.6) is 0 Å². The second-order valence-electron chi connectivity index (χ2n) is 2.64. The number of alkyl halides is 1. The third-order valence-corrected chi connectivity index (χ3v) is 3.01. The van der Waals surface area contributed by atoms with Gasteiger partial charge in [0.1, 0.15) is 0 Å². The summed E-state index contributed by atoms with van der Waals surface area (Å²) in [6, 6.07) is 3.51. The summed E-state index contributed by atoms with van der Waals surface area (Å²) in [6.07, 6.45) is 0. The minimum atomic E-state index is 0.0565. The molecule has 70 valence electrons. The average molecular weight is 326 g/mol. The normalized spacial score (nSPS) is 10.2. The average Bonchev–Trinajstić information content (AvgIpc) is 2.02. The van der Waals surface area contributed by atoms with Crippen molar-refractivity contribution >= 4 is 49.2 Å². The Kier molecular flexibility index (Phi) is 3.95. The van der Waals surface area contributed by atoms with Crippen LogP contribution in [0, 0.1) is 6.92 Å². The second kappa shape index (κ2) is 4.58. The van der Waals surface area contributed by atoms with Gasteiger partial charge in [-0.05, 0) is 40.5 Å². The fourth-order valence-electron chi connectivity index (χ4n) is 1.12. The number of aryl methyl sites for hydroxylation is 1. The molecule has 1 rings (SSSR count). The molecular weight excluding hydrogens is 319 g/mol. The molecule has 13 heavy (non-hydrogen) atoms. The Labute approximate surface area is 98.7 Å². The van der Waals surface area contributed by atoms with Gasteiger partial charge < -0.3 is 0 Å². The summed E-state index contributed by atoms with van der Waals surface area (Å²) >= 11 is 12.3. The van der Waals surface area contributed by atoms with Gasteiger partial charge in [0.2, 0.25) is 0 Å². The van der Waals surface area contributed by atoms with E-state index in [0.29, 0.717) is 15.9 Å². The summed E-state index contributed by atoms with van der Waals surface area (Å²) < 4.78 is 0.752. The molecule has 0 aliphatic heterocycles. The lowest BCUT2D eigenvalue weighted by Crippen LogP contribution is -2.03. The third kappa shape index (κ3) is 2.55. The molecule has 0 N–H and O–H groups in total. The maximum Gasteiger partial charge on any atom is 0.174 e. The van der Waals surface area contributed by atoms with Crippen molar-refractivity contribution in [2.45, 2.75) is 6.92 Å². The van der Waals surface area contributed by atoms with E-state index in [-0.39, 0.29) is 5.78 Å². The van der Waals surface area contributed by atoms with Crippen LogP contribution in [0.1, 0.15) is 15.9 Å². The van der Waals surface area contributed by atoms with Crippen molar-refractivity contribution in [3.8, 4) is 0 Å². The van der Waals surface area contributed by atoms with Crippen molar-refractivity contribution in [2.75, 3.05) is 5.33 Å². The number of ketones is 1. The van der Waals surface area contributed by atoms with Crippen molar-refractivity contribution in [1.82, 2.24) is 0 Å². The number of rotatable bonds is 2. The standard InChI is InChI=1S/C9H7Br2ClO/c1-5-2-6(12)3-7(11)9(5)8(13)4-10/h2-3H,4H2,1H3. The Balaban J connectivity index is 3.28. The largest absolute Gasteiger partial charge is 0.293 e. The molecule has 0 saturated heterocycles. The zero-order chi connectivity index (χ0) is 10.0. The number of hydrogen-bond donors (Lipinski definition) is 0. The van der Waals surface area contributed by atoms with E-state index in [4.69, 9.17) is 11.6 Å². The second-order valence-corrected chi connectivity index (χ2v) is 4.49. The van der Waals surface area contributed by atoms with E-state index in [1.807, 2.05) is 6.92 Å². The van der Waals surface area contributed by atoms with Gasteiger partial charge in [-0.25, -0.2) is 0 Å². The first-order chi connectivity index (χ1) is 6.06. The molecule has 0 heterocycles. The highest BCUT2D eigenvalue weighted by atomic mass is 79.9. The van der Waals surface area contributed by atoms with Crippen molar-refractivity contribution < 1.29 is 4.79 Å². The fraction of sp³-hybridized carbons (Fsp3) is 0.222. The lowest BCUT2D eigenvalue weighted by molar-refractivity contribution is 0.102. The molecule has 0 radical (unpaired) electrons. The van der Waals surface area contributed by atoms with Crippen LogP contribution in [0.15, 0.2) is 16.6 Å². The molecule has 0 amide bonds. The summed E-state index contributed by atoms with van der Waals surface area (Å²) in [7, 11) is 0. The van der Waals surface area contributed by atoms with E-state index in [1.54, 1.807) is 12.1 Å². The van der Waals surface area contributed by atoms with Crippen LogP contribution < -0.4 is 0 Å². The highest BCUT2D eigenvalue weighted by Gasteiger charge is 2.12. The van der Waals surface area contributed by atoms with Gasteiger partial charge in [0.15, 0.2) is 5.78 Å². The van der Waals surface area contributed by atoms with Crippen LogP contribution in [-0.4, -0.2) is 11.1 Å². The molecule has 4 heteroatoms. The van der Waals surface area contributed by atoms with Gasteiger partial charge in [-0.15, -0.1) is 0 Å². The smallest absolute Gasteiger partial charge is 0.174 e. The predicted molar refractivity (Wildman–Crippen MR) is 62.0 cm³/mol. The molecule has 0 aliphatic rings. The molecule has 1 aromatic carbocycles. The first-order valence-corrected chi connectivity index (χ1v) is 5.90. The Hall–Kier alpha value is 0.140. The molecular formula is C9H7Br2ClO. The summed E-state index contributed by atoms with van der Waals surface area (Å²) in [5, 5.41) is 0.962. The summed E-state index contributed by atoms with van der Waals surface area (Å²) in [5.74, 6) is 0.0565. The number of carbonyl (C=O) groups is 1. The molecule has 0 spiro atoms. The Morgan fingerprint density at radius 2 is 2.15 bits per heavy atom. The quantitative estimate of drug-likeness (QED) is 0.593. The van der Waals surface area contributed by atoms with Crippen LogP contribution in [0.4, 0.5) is 0 Å². The van der Waals surface area contributed by atoms with Crippen molar-refractivity contribution in [2.24, 2.45) is 0 Å². The summed E-state index contributed by atoms with van der Waals surface area (Å²) in [4.78, 5) is 11.4. The van der Waals surface area contributed by atoms with Gasteiger partial charge in [-0.2, -0.15) is 0 Å². The zero-order valence-electron chi connectivity index (χ0n) is 6.90. The number of benzene rings is 1. The highest BCUT2D eigenvalue weighted by molar-refractivity contribution is 9.10. The van der Waals surface area contributed by atoms with Gasteiger partial charge in [-0.1, -0.05) is 27.5 Å². The molecule has 0 bridgehead atoms. The first-order valence-electron chi connectivity index (χ1n) is 3.61. The van der Waals surface area contributed by atoms with Gasteiger partial charge in [0.05, 0.1) is 5.33 Å². The Bertz CT molecular complexity index is 326. The Morgan fingerprint density at radius 3 is 2.62 bits per heavy atom. The Morgan fingerprint density at radius 1 is 1.54 bits per heavy atom. The van der Waals surface area contributed by atoms with Crippen LogP contribution in [0.3, 0.4) is 0 Å². The topological polar surface area (TPSA) is 17.1 Å². The van der Waals surface area contributed by atoms with Gasteiger partial charge >= 0.3 is 0 Å². The van der Waals surface area contributed by atoms with E-state index < -0.39 is 0 Å². The number of Topliss-reactive ketones (excluding diaryl/α,β-unsaturated/α-hetero) is 1.